The van der Waals surface area contributed by atoms with Gasteiger partial charge in [-0.2, -0.15) is 0 Å². The zero-order valence-corrected chi connectivity index (χ0v) is 11.5. The molecule has 0 saturated heterocycles. The topological polar surface area (TPSA) is 114 Å². The van der Waals surface area contributed by atoms with Gasteiger partial charge in [0.1, 0.15) is 11.4 Å². The molecule has 0 heterocycles. The summed E-state index contributed by atoms with van der Waals surface area (Å²) in [5.74, 6) is 5.11. The standard InChI is InChI=1S/C12H19N5O3/c1-3-14-11(18)8-16(4-2)10-7-5-6-9(15-13)12(10)17(19)20/h5-7,15H,3-4,8,13H2,1-2H3,(H,14,18). The molecule has 0 aromatic heterocycles. The molecule has 0 spiro atoms. The van der Waals surface area contributed by atoms with Gasteiger partial charge in [0.05, 0.1) is 11.5 Å². The number of nitrogens with zero attached hydrogens (tertiary/aromatic N) is 2. The van der Waals surface area contributed by atoms with Crippen LogP contribution in [-0.4, -0.2) is 30.5 Å². The van der Waals surface area contributed by atoms with Crippen LogP contribution in [0.4, 0.5) is 17.1 Å². The zero-order chi connectivity index (χ0) is 15.1. The quantitative estimate of drug-likeness (QED) is 0.388. The number of nitro benzene ring substituents is 1. The number of hydrogen-bond donors (Lipinski definition) is 3. The minimum atomic E-state index is -0.509. The molecule has 0 radical (unpaired) electrons. The molecule has 0 unspecified atom stereocenters. The number of amides is 1. The lowest BCUT2D eigenvalue weighted by molar-refractivity contribution is -0.383. The number of hydrazine groups is 1. The molecule has 0 aliphatic rings. The summed E-state index contributed by atoms with van der Waals surface area (Å²) in [4.78, 5) is 24.0. The Labute approximate surface area is 117 Å². The third-order valence-electron chi connectivity index (χ3n) is 2.78. The molecule has 4 N–H and O–H groups in total. The van der Waals surface area contributed by atoms with E-state index in [2.05, 4.69) is 10.7 Å². The Hall–Kier alpha value is -2.35. The van der Waals surface area contributed by atoms with Gasteiger partial charge in [0.15, 0.2) is 0 Å². The molecule has 0 saturated carbocycles. The highest BCUT2D eigenvalue weighted by Crippen LogP contribution is 2.34. The number of anilines is 2. The van der Waals surface area contributed by atoms with E-state index in [-0.39, 0.29) is 23.8 Å². The molecule has 0 bridgehead atoms. The largest absolute Gasteiger partial charge is 0.357 e. The predicted octanol–water partition coefficient (Wildman–Crippen LogP) is 0.843. The fraction of sp³-hybridized carbons (Fsp3) is 0.417. The van der Waals surface area contributed by atoms with Crippen molar-refractivity contribution in [2.45, 2.75) is 13.8 Å². The lowest BCUT2D eigenvalue weighted by Gasteiger charge is -2.22. The lowest BCUT2D eigenvalue weighted by Crippen LogP contribution is -2.37. The maximum absolute atomic E-state index is 11.7. The molecule has 1 aromatic carbocycles. The van der Waals surface area contributed by atoms with Crippen molar-refractivity contribution < 1.29 is 9.72 Å². The second-order valence-electron chi connectivity index (χ2n) is 4.04. The van der Waals surface area contributed by atoms with Gasteiger partial charge in [-0.3, -0.25) is 20.8 Å². The Morgan fingerprint density at radius 2 is 2.15 bits per heavy atom. The van der Waals surface area contributed by atoms with Gasteiger partial charge < -0.3 is 15.6 Å². The highest BCUT2D eigenvalue weighted by Gasteiger charge is 2.23. The van der Waals surface area contributed by atoms with Crippen LogP contribution >= 0.6 is 0 Å². The molecule has 1 rings (SSSR count). The van der Waals surface area contributed by atoms with Crippen LogP contribution in [0.3, 0.4) is 0 Å². The first-order valence-electron chi connectivity index (χ1n) is 6.30. The molecular formula is C12H19N5O3. The highest BCUT2D eigenvalue weighted by molar-refractivity contribution is 5.84. The van der Waals surface area contributed by atoms with Crippen molar-refractivity contribution in [1.29, 1.82) is 0 Å². The summed E-state index contributed by atoms with van der Waals surface area (Å²) in [5, 5.41) is 13.9. The van der Waals surface area contributed by atoms with Crippen molar-refractivity contribution in [2.24, 2.45) is 5.84 Å². The number of nitrogens with one attached hydrogen (secondary N) is 2. The Morgan fingerprint density at radius 3 is 2.65 bits per heavy atom. The number of likely N-dealkylation sites (N-methyl/N-ethyl adjacent to an activating group) is 2. The van der Waals surface area contributed by atoms with Crippen LogP contribution in [0, 0.1) is 10.1 Å². The summed E-state index contributed by atoms with van der Waals surface area (Å²) in [5.41, 5.74) is 2.74. The number of benzene rings is 1. The van der Waals surface area contributed by atoms with Crippen LogP contribution in [0.2, 0.25) is 0 Å². The van der Waals surface area contributed by atoms with Gasteiger partial charge in [0.2, 0.25) is 5.91 Å². The van der Waals surface area contributed by atoms with E-state index in [1.807, 2.05) is 13.8 Å². The molecule has 8 heteroatoms. The van der Waals surface area contributed by atoms with Gasteiger partial charge in [0, 0.05) is 13.1 Å². The van der Waals surface area contributed by atoms with Gasteiger partial charge in [-0.05, 0) is 26.0 Å². The SMILES string of the molecule is CCNC(=O)CN(CC)c1cccc(NN)c1[N+](=O)[O-]. The fourth-order valence-electron chi connectivity index (χ4n) is 1.89. The zero-order valence-electron chi connectivity index (χ0n) is 11.5. The molecule has 0 fully saturated rings. The monoisotopic (exact) mass is 281 g/mol. The maximum Gasteiger partial charge on any atom is 0.316 e. The number of carbonyl (C=O) groups excluding carboxylic acids is 1. The minimum Gasteiger partial charge on any atom is -0.357 e. The molecule has 0 atom stereocenters. The van der Waals surface area contributed by atoms with Crippen LogP contribution in [0.25, 0.3) is 0 Å². The van der Waals surface area contributed by atoms with Crippen LogP contribution in [-0.2, 0) is 4.79 Å². The number of hydrogen-bond acceptors (Lipinski definition) is 6. The minimum absolute atomic E-state index is 0.0548. The van der Waals surface area contributed by atoms with E-state index < -0.39 is 4.92 Å². The number of carbonyl (C=O) groups is 1. The van der Waals surface area contributed by atoms with E-state index in [1.54, 1.807) is 17.0 Å². The van der Waals surface area contributed by atoms with Crippen LogP contribution < -0.4 is 21.5 Å². The molecule has 20 heavy (non-hydrogen) atoms. The van der Waals surface area contributed by atoms with Crippen LogP contribution in [0.15, 0.2) is 18.2 Å². The number of rotatable bonds is 7. The molecular weight excluding hydrogens is 262 g/mol. The van der Waals surface area contributed by atoms with Crippen LogP contribution in [0.5, 0.6) is 0 Å². The van der Waals surface area contributed by atoms with Crippen molar-refractivity contribution >= 4 is 23.0 Å². The van der Waals surface area contributed by atoms with E-state index in [1.165, 1.54) is 6.07 Å². The van der Waals surface area contributed by atoms with Gasteiger partial charge >= 0.3 is 5.69 Å². The second-order valence-corrected chi connectivity index (χ2v) is 4.04. The average molecular weight is 281 g/mol. The predicted molar refractivity (Wildman–Crippen MR) is 77.5 cm³/mol. The van der Waals surface area contributed by atoms with Crippen LogP contribution in [0.1, 0.15) is 13.8 Å². The third kappa shape index (κ3) is 3.58. The molecule has 0 aliphatic heterocycles. The molecule has 110 valence electrons. The molecule has 0 aliphatic carbocycles. The van der Waals surface area contributed by atoms with Crippen molar-refractivity contribution in [2.75, 3.05) is 30.0 Å². The van der Waals surface area contributed by atoms with E-state index in [9.17, 15) is 14.9 Å². The van der Waals surface area contributed by atoms with E-state index in [0.29, 0.717) is 18.8 Å². The van der Waals surface area contributed by atoms with Gasteiger partial charge in [-0.25, -0.2) is 0 Å². The first kappa shape index (κ1) is 15.7. The van der Waals surface area contributed by atoms with Gasteiger partial charge in [0.25, 0.3) is 0 Å². The Bertz CT molecular complexity index is 492. The molecule has 1 aromatic rings. The van der Waals surface area contributed by atoms with Crippen molar-refractivity contribution in [1.82, 2.24) is 5.32 Å². The van der Waals surface area contributed by atoms with Crippen molar-refractivity contribution in [3.63, 3.8) is 0 Å². The molecule has 8 nitrogen and oxygen atoms in total. The van der Waals surface area contributed by atoms with E-state index >= 15 is 0 Å². The average Bonchev–Trinajstić information content (AvgIpc) is 2.44. The summed E-state index contributed by atoms with van der Waals surface area (Å²) < 4.78 is 0. The first-order chi connectivity index (χ1) is 9.54. The Balaban J connectivity index is 3.14. The summed E-state index contributed by atoms with van der Waals surface area (Å²) >= 11 is 0. The number of nitrogen functional groups attached to an aromatic ring is 1. The summed E-state index contributed by atoms with van der Waals surface area (Å²) in [6, 6.07) is 4.77. The summed E-state index contributed by atoms with van der Waals surface area (Å²) in [6.45, 7) is 4.68. The van der Waals surface area contributed by atoms with Gasteiger partial charge in [-0.1, -0.05) is 6.07 Å². The lowest BCUT2D eigenvalue weighted by atomic mass is 10.2. The smallest absolute Gasteiger partial charge is 0.316 e. The molecule has 1 amide bonds. The van der Waals surface area contributed by atoms with E-state index in [4.69, 9.17) is 5.84 Å². The summed E-state index contributed by atoms with van der Waals surface area (Å²) in [6.07, 6.45) is 0. The number of para-hydroxylation sites is 1. The number of nitro groups is 1. The third-order valence-corrected chi connectivity index (χ3v) is 2.78. The summed E-state index contributed by atoms with van der Waals surface area (Å²) in [7, 11) is 0. The fourth-order valence-corrected chi connectivity index (χ4v) is 1.89. The first-order valence-corrected chi connectivity index (χ1v) is 6.30. The maximum atomic E-state index is 11.7. The van der Waals surface area contributed by atoms with Crippen molar-refractivity contribution in [3.8, 4) is 0 Å². The number of nitrogens with two attached hydrogens (primary N) is 1. The normalized spacial score (nSPS) is 9.95. The van der Waals surface area contributed by atoms with Gasteiger partial charge in [-0.15, -0.1) is 0 Å². The highest BCUT2D eigenvalue weighted by atomic mass is 16.6. The second kappa shape index (κ2) is 7.29. The Kier molecular flexibility index (Phi) is 5.73. The van der Waals surface area contributed by atoms with Crippen molar-refractivity contribution in [3.05, 3.63) is 28.3 Å². The Morgan fingerprint density at radius 1 is 1.45 bits per heavy atom. The van der Waals surface area contributed by atoms with E-state index in [0.717, 1.165) is 0 Å².